The van der Waals surface area contributed by atoms with Crippen LogP contribution >= 0.6 is 0 Å². The molecule has 1 aromatic rings. The lowest BCUT2D eigenvalue weighted by Crippen LogP contribution is -2.03. The number of nitrogens with one attached hydrogen (secondary N) is 1. The van der Waals surface area contributed by atoms with Crippen LogP contribution in [0.25, 0.3) is 5.57 Å². The summed E-state index contributed by atoms with van der Waals surface area (Å²) in [6, 6.07) is 3.57. The summed E-state index contributed by atoms with van der Waals surface area (Å²) >= 11 is 0. The fourth-order valence-corrected chi connectivity index (χ4v) is 1.80. The molecule has 0 atom stereocenters. The summed E-state index contributed by atoms with van der Waals surface area (Å²) in [5, 5.41) is 2.78. The summed E-state index contributed by atoms with van der Waals surface area (Å²) in [5.41, 5.74) is 2.27. The first-order valence-corrected chi connectivity index (χ1v) is 4.95. The van der Waals surface area contributed by atoms with Crippen LogP contribution in [-0.4, -0.2) is 20.1 Å². The number of anilines is 1. The normalized spacial score (nSPS) is 15.9. The third-order valence-corrected chi connectivity index (χ3v) is 2.60. The molecule has 1 heterocycles. The van der Waals surface area contributed by atoms with Crippen LogP contribution < -0.4 is 14.8 Å². The fourth-order valence-electron chi connectivity index (χ4n) is 1.80. The van der Waals surface area contributed by atoms with E-state index in [4.69, 9.17) is 9.47 Å². The van der Waals surface area contributed by atoms with Crippen LogP contribution in [0, 0.1) is 0 Å². The van der Waals surface area contributed by atoms with E-state index in [9.17, 15) is 4.79 Å². The summed E-state index contributed by atoms with van der Waals surface area (Å²) in [6.45, 7) is 1.83. The Bertz CT molecular complexity index is 477. The largest absolute Gasteiger partial charge is 0.493 e. The Kier molecular flexibility index (Phi) is 2.56. The van der Waals surface area contributed by atoms with Gasteiger partial charge in [0.15, 0.2) is 11.5 Å². The van der Waals surface area contributed by atoms with E-state index in [2.05, 4.69) is 5.32 Å². The second-order valence-electron chi connectivity index (χ2n) is 3.41. The third-order valence-electron chi connectivity index (χ3n) is 2.60. The molecule has 2 rings (SSSR count). The monoisotopic (exact) mass is 219 g/mol. The zero-order valence-corrected chi connectivity index (χ0v) is 9.46. The van der Waals surface area contributed by atoms with Gasteiger partial charge in [0.2, 0.25) is 0 Å². The molecular weight excluding hydrogens is 206 g/mol. The Balaban J connectivity index is 2.60. The molecule has 1 aliphatic heterocycles. The topological polar surface area (TPSA) is 47.6 Å². The van der Waals surface area contributed by atoms with E-state index in [1.165, 1.54) is 0 Å². The first-order valence-electron chi connectivity index (χ1n) is 4.95. The van der Waals surface area contributed by atoms with Gasteiger partial charge in [0, 0.05) is 17.2 Å². The van der Waals surface area contributed by atoms with Crippen molar-refractivity contribution in [2.75, 3.05) is 19.5 Å². The van der Waals surface area contributed by atoms with Crippen molar-refractivity contribution in [3.05, 3.63) is 23.8 Å². The Morgan fingerprint density at radius 3 is 2.38 bits per heavy atom. The highest BCUT2D eigenvalue weighted by molar-refractivity contribution is 6.31. The van der Waals surface area contributed by atoms with Gasteiger partial charge in [-0.15, -0.1) is 0 Å². The average molecular weight is 219 g/mol. The number of hydrogen-bond donors (Lipinski definition) is 1. The highest BCUT2D eigenvalue weighted by atomic mass is 16.5. The summed E-state index contributed by atoms with van der Waals surface area (Å²) < 4.78 is 10.4. The predicted molar refractivity (Wildman–Crippen MR) is 61.8 cm³/mol. The lowest BCUT2D eigenvalue weighted by atomic mass is 10.1. The molecular formula is C12H13NO3. The molecule has 4 nitrogen and oxygen atoms in total. The van der Waals surface area contributed by atoms with Crippen molar-refractivity contribution >= 4 is 17.2 Å². The van der Waals surface area contributed by atoms with Gasteiger partial charge in [0.25, 0.3) is 5.91 Å². The Morgan fingerprint density at radius 1 is 1.19 bits per heavy atom. The molecule has 84 valence electrons. The zero-order chi connectivity index (χ0) is 11.7. The van der Waals surface area contributed by atoms with E-state index in [0.717, 1.165) is 11.3 Å². The van der Waals surface area contributed by atoms with Crippen LogP contribution in [0.5, 0.6) is 11.5 Å². The molecule has 0 aliphatic carbocycles. The van der Waals surface area contributed by atoms with Crippen molar-refractivity contribution in [3.63, 3.8) is 0 Å². The molecule has 16 heavy (non-hydrogen) atoms. The van der Waals surface area contributed by atoms with Crippen LogP contribution in [0.2, 0.25) is 0 Å². The van der Waals surface area contributed by atoms with Crippen molar-refractivity contribution < 1.29 is 14.3 Å². The highest BCUT2D eigenvalue weighted by Crippen LogP contribution is 2.40. The number of ether oxygens (including phenoxy) is 2. The Morgan fingerprint density at radius 2 is 1.81 bits per heavy atom. The van der Waals surface area contributed by atoms with Crippen molar-refractivity contribution in [2.24, 2.45) is 0 Å². The molecule has 0 aromatic heterocycles. The number of rotatable bonds is 2. The number of amides is 1. The molecule has 4 heteroatoms. The highest BCUT2D eigenvalue weighted by Gasteiger charge is 2.25. The minimum atomic E-state index is -0.0900. The fraction of sp³-hybridized carbons (Fsp3) is 0.250. The summed E-state index contributed by atoms with van der Waals surface area (Å²) in [5.74, 6) is 1.14. The van der Waals surface area contributed by atoms with Gasteiger partial charge in [-0.1, -0.05) is 6.08 Å². The summed E-state index contributed by atoms with van der Waals surface area (Å²) in [6.07, 6.45) is 1.78. The van der Waals surface area contributed by atoms with Crippen LogP contribution in [-0.2, 0) is 4.79 Å². The molecule has 1 amide bonds. The zero-order valence-electron chi connectivity index (χ0n) is 9.46. The van der Waals surface area contributed by atoms with Gasteiger partial charge < -0.3 is 14.8 Å². The quantitative estimate of drug-likeness (QED) is 0.774. The number of allylic oxidation sites excluding steroid dienone is 1. The summed E-state index contributed by atoms with van der Waals surface area (Å²) in [7, 11) is 3.14. The second-order valence-corrected chi connectivity index (χ2v) is 3.41. The maximum absolute atomic E-state index is 11.6. The lowest BCUT2D eigenvalue weighted by Gasteiger charge is -2.09. The van der Waals surface area contributed by atoms with Gasteiger partial charge in [-0.2, -0.15) is 0 Å². The molecule has 0 saturated carbocycles. The van der Waals surface area contributed by atoms with Crippen molar-refractivity contribution in [2.45, 2.75) is 6.92 Å². The van der Waals surface area contributed by atoms with E-state index >= 15 is 0 Å². The van der Waals surface area contributed by atoms with E-state index in [1.54, 1.807) is 32.4 Å². The van der Waals surface area contributed by atoms with Crippen molar-refractivity contribution in [1.82, 2.24) is 0 Å². The lowest BCUT2D eigenvalue weighted by molar-refractivity contribution is -0.110. The number of methoxy groups -OCH3 is 2. The number of hydrogen-bond acceptors (Lipinski definition) is 3. The molecule has 0 spiro atoms. The SMILES string of the molecule is C/C=C1\C(=O)Nc2cc(OC)c(OC)cc21. The van der Waals surface area contributed by atoms with E-state index in [0.29, 0.717) is 17.1 Å². The van der Waals surface area contributed by atoms with Gasteiger partial charge >= 0.3 is 0 Å². The van der Waals surface area contributed by atoms with Gasteiger partial charge in [0.05, 0.1) is 19.9 Å². The van der Waals surface area contributed by atoms with Gasteiger partial charge in [-0.05, 0) is 13.0 Å². The van der Waals surface area contributed by atoms with Crippen molar-refractivity contribution in [3.8, 4) is 11.5 Å². The first-order chi connectivity index (χ1) is 7.71. The maximum atomic E-state index is 11.6. The average Bonchev–Trinajstić information content (AvgIpc) is 2.61. The minimum absolute atomic E-state index is 0.0900. The van der Waals surface area contributed by atoms with Crippen LogP contribution in [0.15, 0.2) is 18.2 Å². The van der Waals surface area contributed by atoms with Crippen LogP contribution in [0.3, 0.4) is 0 Å². The molecule has 1 aromatic carbocycles. The number of carbonyl (C=O) groups excluding carboxylic acids is 1. The Labute approximate surface area is 93.9 Å². The minimum Gasteiger partial charge on any atom is -0.493 e. The maximum Gasteiger partial charge on any atom is 0.256 e. The Hall–Kier alpha value is -1.97. The smallest absolute Gasteiger partial charge is 0.256 e. The molecule has 0 bridgehead atoms. The second kappa shape index (κ2) is 3.89. The predicted octanol–water partition coefficient (Wildman–Crippen LogP) is 2.06. The molecule has 1 aliphatic rings. The van der Waals surface area contributed by atoms with Gasteiger partial charge in [-0.3, -0.25) is 4.79 Å². The first kappa shape index (κ1) is 10.5. The third kappa shape index (κ3) is 1.43. The summed E-state index contributed by atoms with van der Waals surface area (Å²) in [4.78, 5) is 11.6. The van der Waals surface area contributed by atoms with Crippen molar-refractivity contribution in [1.29, 1.82) is 0 Å². The van der Waals surface area contributed by atoms with Crippen LogP contribution in [0.1, 0.15) is 12.5 Å². The molecule has 0 fully saturated rings. The number of carbonyl (C=O) groups is 1. The molecule has 0 unspecified atom stereocenters. The van der Waals surface area contributed by atoms with Gasteiger partial charge in [0.1, 0.15) is 0 Å². The van der Waals surface area contributed by atoms with E-state index in [-0.39, 0.29) is 5.91 Å². The van der Waals surface area contributed by atoms with Gasteiger partial charge in [-0.25, -0.2) is 0 Å². The van der Waals surface area contributed by atoms with Crippen LogP contribution in [0.4, 0.5) is 5.69 Å². The molecule has 0 radical (unpaired) electrons. The number of benzene rings is 1. The standard InChI is InChI=1S/C12H13NO3/c1-4-7-8-5-10(15-2)11(16-3)6-9(8)13-12(7)14/h4-6H,1-3H3,(H,13,14)/b7-4-. The van der Waals surface area contributed by atoms with E-state index in [1.807, 2.05) is 6.92 Å². The number of fused-ring (bicyclic) bond motifs is 1. The molecule has 1 N–H and O–H groups in total. The molecule has 0 saturated heterocycles. The van der Waals surface area contributed by atoms with E-state index < -0.39 is 0 Å².